The number of benzene rings is 1. The van der Waals surface area contributed by atoms with E-state index in [0.29, 0.717) is 18.2 Å². The van der Waals surface area contributed by atoms with Crippen LogP contribution in [0, 0.1) is 13.8 Å². The largest absolute Gasteiger partial charge is 0.355 e. The van der Waals surface area contributed by atoms with Crippen molar-refractivity contribution >= 4 is 23.6 Å². The van der Waals surface area contributed by atoms with Gasteiger partial charge in [-0.2, -0.15) is 0 Å². The lowest BCUT2D eigenvalue weighted by atomic mass is 10.1. The van der Waals surface area contributed by atoms with Crippen molar-refractivity contribution in [2.45, 2.75) is 25.9 Å². The van der Waals surface area contributed by atoms with Gasteiger partial charge < -0.3 is 10.6 Å². The predicted octanol–water partition coefficient (Wildman–Crippen LogP) is 1.23. The molecular formula is C16H21N5O2S. The number of carbonyl (C=O) groups excluding carboxylic acids is 2. The Hall–Kier alpha value is -2.35. The van der Waals surface area contributed by atoms with Gasteiger partial charge in [-0.15, -0.1) is 10.2 Å². The predicted molar refractivity (Wildman–Crippen MR) is 93.3 cm³/mol. The van der Waals surface area contributed by atoms with Crippen molar-refractivity contribution < 1.29 is 9.59 Å². The smallest absolute Gasteiger partial charge is 0.230 e. The molecule has 7 nitrogen and oxygen atoms in total. The number of hydrogen-bond acceptors (Lipinski definition) is 5. The summed E-state index contributed by atoms with van der Waals surface area (Å²) in [5.74, 6) is 0.0176. The minimum atomic E-state index is -0.111. The Morgan fingerprint density at radius 2 is 1.92 bits per heavy atom. The highest BCUT2D eigenvalue weighted by Crippen LogP contribution is 2.21. The third-order valence-corrected chi connectivity index (χ3v) is 4.38. The number of amides is 2. The molecule has 8 heteroatoms. The normalized spacial score (nSPS) is 10.5. The Balaban J connectivity index is 1.90. The van der Waals surface area contributed by atoms with Crippen molar-refractivity contribution in [3.63, 3.8) is 0 Å². The van der Waals surface area contributed by atoms with E-state index in [1.807, 2.05) is 16.7 Å². The molecule has 0 saturated heterocycles. The summed E-state index contributed by atoms with van der Waals surface area (Å²) < 4.78 is 1.86. The zero-order valence-corrected chi connectivity index (χ0v) is 14.8. The summed E-state index contributed by atoms with van der Waals surface area (Å²) in [7, 11) is 0. The van der Waals surface area contributed by atoms with Crippen molar-refractivity contribution in [1.82, 2.24) is 25.4 Å². The fraction of sp³-hybridized carbons (Fsp3) is 0.375. The number of hydrogen-bond donors (Lipinski definition) is 2. The molecule has 0 atom stereocenters. The molecule has 0 fully saturated rings. The summed E-state index contributed by atoms with van der Waals surface area (Å²) in [6.07, 6.45) is 1.64. The fourth-order valence-electron chi connectivity index (χ4n) is 2.00. The second kappa shape index (κ2) is 8.49. The molecule has 0 bridgehead atoms. The molecule has 0 saturated carbocycles. The first kappa shape index (κ1) is 18.0. The highest BCUT2D eigenvalue weighted by molar-refractivity contribution is 7.99. The first-order valence-corrected chi connectivity index (χ1v) is 8.57. The number of aryl methyl sites for hydroxylation is 2. The molecule has 1 aromatic carbocycles. The van der Waals surface area contributed by atoms with Crippen molar-refractivity contribution in [3.05, 3.63) is 35.7 Å². The number of nitrogens with zero attached hydrogens (tertiary/aromatic N) is 3. The number of carbonyl (C=O) groups is 2. The van der Waals surface area contributed by atoms with Gasteiger partial charge in [0.25, 0.3) is 0 Å². The van der Waals surface area contributed by atoms with Gasteiger partial charge in [0, 0.05) is 25.7 Å². The lowest BCUT2D eigenvalue weighted by Crippen LogP contribution is -2.34. The highest BCUT2D eigenvalue weighted by atomic mass is 32.2. The summed E-state index contributed by atoms with van der Waals surface area (Å²) in [4.78, 5) is 22.6. The molecule has 2 aromatic rings. The summed E-state index contributed by atoms with van der Waals surface area (Å²) in [6.45, 7) is 6.38. The second-order valence-corrected chi connectivity index (χ2v) is 6.32. The Bertz CT molecular complexity index is 729. The average Bonchev–Trinajstić information content (AvgIpc) is 3.00. The molecule has 1 aromatic heterocycles. The van der Waals surface area contributed by atoms with Crippen molar-refractivity contribution in [1.29, 1.82) is 0 Å². The van der Waals surface area contributed by atoms with E-state index in [-0.39, 0.29) is 17.6 Å². The maximum Gasteiger partial charge on any atom is 0.230 e. The van der Waals surface area contributed by atoms with Gasteiger partial charge in [0.1, 0.15) is 6.33 Å². The minimum absolute atomic E-state index is 0.111. The molecule has 2 rings (SSSR count). The van der Waals surface area contributed by atoms with Crippen LogP contribution in [0.2, 0.25) is 0 Å². The SMILES string of the molecule is CC(=O)NCCNC(=O)CSc1nncn1-c1ccc(C)c(C)c1. The Kier molecular flexibility index (Phi) is 6.36. The lowest BCUT2D eigenvalue weighted by molar-refractivity contribution is -0.120. The molecule has 2 N–H and O–H groups in total. The van der Waals surface area contributed by atoms with Crippen LogP contribution >= 0.6 is 11.8 Å². The van der Waals surface area contributed by atoms with Crippen LogP contribution in [-0.2, 0) is 9.59 Å². The second-order valence-electron chi connectivity index (χ2n) is 5.37. The zero-order valence-electron chi connectivity index (χ0n) is 14.0. The molecule has 1 heterocycles. The van der Waals surface area contributed by atoms with E-state index in [1.54, 1.807) is 6.33 Å². The molecule has 0 unspecified atom stereocenters. The third-order valence-electron chi connectivity index (χ3n) is 3.44. The lowest BCUT2D eigenvalue weighted by Gasteiger charge is -2.09. The van der Waals surface area contributed by atoms with Crippen LogP contribution in [0.1, 0.15) is 18.1 Å². The first-order valence-electron chi connectivity index (χ1n) is 7.59. The van der Waals surface area contributed by atoms with E-state index in [1.165, 1.54) is 29.8 Å². The van der Waals surface area contributed by atoms with E-state index in [0.717, 1.165) is 5.69 Å². The van der Waals surface area contributed by atoms with Gasteiger partial charge >= 0.3 is 0 Å². The van der Waals surface area contributed by atoms with Gasteiger partial charge in [-0.3, -0.25) is 14.2 Å². The van der Waals surface area contributed by atoms with Gasteiger partial charge in [-0.1, -0.05) is 17.8 Å². The first-order chi connectivity index (χ1) is 11.5. The zero-order chi connectivity index (χ0) is 17.5. The van der Waals surface area contributed by atoms with Crippen LogP contribution in [0.5, 0.6) is 0 Å². The summed E-state index contributed by atoms with van der Waals surface area (Å²) >= 11 is 1.32. The Labute approximate surface area is 145 Å². The Morgan fingerprint density at radius 1 is 1.17 bits per heavy atom. The van der Waals surface area contributed by atoms with Gasteiger partial charge in [0.05, 0.1) is 5.75 Å². The molecule has 2 amide bonds. The summed E-state index contributed by atoms with van der Waals surface area (Å²) in [6, 6.07) is 6.12. The van der Waals surface area contributed by atoms with E-state index in [9.17, 15) is 9.59 Å². The van der Waals surface area contributed by atoms with Crippen molar-refractivity contribution in [2.24, 2.45) is 0 Å². The van der Waals surface area contributed by atoms with Crippen molar-refractivity contribution in [2.75, 3.05) is 18.8 Å². The molecule has 0 aliphatic rings. The van der Waals surface area contributed by atoms with Crippen LogP contribution in [0.15, 0.2) is 29.7 Å². The maximum absolute atomic E-state index is 11.8. The molecule has 0 radical (unpaired) electrons. The average molecular weight is 347 g/mol. The number of nitrogens with one attached hydrogen (secondary N) is 2. The van der Waals surface area contributed by atoms with Crippen LogP contribution < -0.4 is 10.6 Å². The number of aromatic nitrogens is 3. The van der Waals surface area contributed by atoms with E-state index in [2.05, 4.69) is 40.7 Å². The van der Waals surface area contributed by atoms with Crippen LogP contribution in [-0.4, -0.2) is 45.4 Å². The van der Waals surface area contributed by atoms with E-state index < -0.39 is 0 Å². The van der Waals surface area contributed by atoms with Crippen LogP contribution in [0.25, 0.3) is 5.69 Å². The maximum atomic E-state index is 11.8. The molecular weight excluding hydrogens is 326 g/mol. The van der Waals surface area contributed by atoms with E-state index in [4.69, 9.17) is 0 Å². The summed E-state index contributed by atoms with van der Waals surface area (Å²) in [5.41, 5.74) is 3.38. The van der Waals surface area contributed by atoms with Gasteiger partial charge in [-0.05, 0) is 37.1 Å². The topological polar surface area (TPSA) is 88.9 Å². The van der Waals surface area contributed by atoms with Crippen LogP contribution in [0.4, 0.5) is 0 Å². The fourth-order valence-corrected chi connectivity index (χ4v) is 2.76. The monoisotopic (exact) mass is 347 g/mol. The summed E-state index contributed by atoms with van der Waals surface area (Å²) in [5, 5.41) is 14.0. The van der Waals surface area contributed by atoms with Gasteiger partial charge in [0.15, 0.2) is 5.16 Å². The quantitative estimate of drug-likeness (QED) is 0.581. The standard InChI is InChI=1S/C16H21N5O2S/c1-11-4-5-14(8-12(11)2)21-10-19-20-16(21)24-9-15(23)18-7-6-17-13(3)22/h4-5,8,10H,6-7,9H2,1-3H3,(H,17,22)(H,18,23). The Morgan fingerprint density at radius 3 is 2.62 bits per heavy atom. The highest BCUT2D eigenvalue weighted by Gasteiger charge is 2.10. The molecule has 0 aliphatic heterocycles. The molecule has 0 spiro atoms. The molecule has 128 valence electrons. The van der Waals surface area contributed by atoms with Gasteiger partial charge in [0.2, 0.25) is 11.8 Å². The minimum Gasteiger partial charge on any atom is -0.355 e. The van der Waals surface area contributed by atoms with Crippen LogP contribution in [0.3, 0.4) is 0 Å². The molecule has 0 aliphatic carbocycles. The number of thioether (sulfide) groups is 1. The molecule has 24 heavy (non-hydrogen) atoms. The van der Waals surface area contributed by atoms with Gasteiger partial charge in [-0.25, -0.2) is 0 Å². The van der Waals surface area contributed by atoms with Crippen molar-refractivity contribution in [3.8, 4) is 5.69 Å². The third kappa shape index (κ3) is 5.09. The van der Waals surface area contributed by atoms with E-state index >= 15 is 0 Å². The number of rotatable bonds is 7.